The number of nitrogens with one attached hydrogen (secondary N) is 1. The van der Waals surface area contributed by atoms with E-state index in [4.69, 9.17) is 14.7 Å². The van der Waals surface area contributed by atoms with E-state index in [2.05, 4.69) is 37.0 Å². The zero-order chi connectivity index (χ0) is 25.4. The van der Waals surface area contributed by atoms with Gasteiger partial charge in [-0.25, -0.2) is 18.4 Å². The van der Waals surface area contributed by atoms with Gasteiger partial charge in [0.25, 0.3) is 0 Å². The van der Waals surface area contributed by atoms with Crippen LogP contribution in [0.4, 0.5) is 5.82 Å². The number of rotatable bonds is 7. The maximum Gasteiger partial charge on any atom is 0.162 e. The average Bonchev–Trinajstić information content (AvgIpc) is 3.54. The van der Waals surface area contributed by atoms with E-state index in [1.807, 2.05) is 24.9 Å². The highest BCUT2D eigenvalue weighted by molar-refractivity contribution is 7.90. The summed E-state index contributed by atoms with van der Waals surface area (Å²) in [4.78, 5) is 18.2. The molecule has 5 heterocycles. The number of fused-ring (bicyclic) bond motifs is 2. The number of aromatic amines is 1. The minimum atomic E-state index is -2.99. The molecule has 0 spiro atoms. The number of nitrogens with zero attached hydrogens (tertiary/aromatic N) is 6. The number of H-pyrrole nitrogens is 1. The van der Waals surface area contributed by atoms with E-state index >= 15 is 0 Å². The first-order valence-electron chi connectivity index (χ1n) is 12.5. The van der Waals surface area contributed by atoms with Gasteiger partial charge in [0.2, 0.25) is 0 Å². The van der Waals surface area contributed by atoms with Crippen molar-refractivity contribution < 1.29 is 13.2 Å². The molecule has 2 fully saturated rings. The summed E-state index contributed by atoms with van der Waals surface area (Å²) in [6.07, 6.45) is 3.11. The molecule has 0 bridgehead atoms. The molecule has 3 aromatic heterocycles. The number of ether oxygens (including phenoxy) is 1. The fourth-order valence-corrected chi connectivity index (χ4v) is 6.52. The van der Waals surface area contributed by atoms with Crippen LogP contribution in [-0.4, -0.2) is 103 Å². The van der Waals surface area contributed by atoms with Crippen molar-refractivity contribution in [1.82, 2.24) is 30.0 Å². The Labute approximate surface area is 220 Å². The van der Waals surface area contributed by atoms with Gasteiger partial charge >= 0.3 is 0 Å². The van der Waals surface area contributed by atoms with E-state index in [0.29, 0.717) is 19.0 Å². The van der Waals surface area contributed by atoms with Crippen LogP contribution in [0, 0.1) is 6.54 Å². The molecule has 2 aliphatic heterocycles. The molecule has 4 aromatic rings. The van der Waals surface area contributed by atoms with Crippen LogP contribution >= 0.6 is 11.3 Å². The normalized spacial score (nSPS) is 18.2. The second kappa shape index (κ2) is 10.3. The molecular weight excluding hydrogens is 510 g/mol. The van der Waals surface area contributed by atoms with Gasteiger partial charge in [-0.05, 0) is 12.1 Å². The first kappa shape index (κ1) is 24.7. The summed E-state index contributed by atoms with van der Waals surface area (Å²) in [7, 11) is -2.99. The zero-order valence-corrected chi connectivity index (χ0v) is 22.4. The van der Waals surface area contributed by atoms with Crippen molar-refractivity contribution in [2.45, 2.75) is 6.54 Å². The molecule has 1 N–H and O–H groups in total. The van der Waals surface area contributed by atoms with Crippen LogP contribution in [0.1, 0.15) is 4.88 Å². The highest BCUT2D eigenvalue weighted by atomic mass is 32.2. The van der Waals surface area contributed by atoms with Crippen molar-refractivity contribution in [3.05, 3.63) is 41.9 Å². The molecule has 0 amide bonds. The van der Waals surface area contributed by atoms with Crippen molar-refractivity contribution >= 4 is 48.1 Å². The molecule has 0 aliphatic carbocycles. The van der Waals surface area contributed by atoms with Crippen LogP contribution in [0.2, 0.25) is 0 Å². The smallest absolute Gasteiger partial charge is 0.162 e. The Bertz CT molecular complexity index is 1500. The molecule has 6 rings (SSSR count). The minimum Gasteiger partial charge on any atom is -0.378 e. The molecule has 37 heavy (non-hydrogen) atoms. The highest BCUT2D eigenvalue weighted by Gasteiger charge is 2.23. The second-order valence-electron chi connectivity index (χ2n) is 9.62. The lowest BCUT2D eigenvalue weighted by molar-refractivity contribution is 0.122. The van der Waals surface area contributed by atoms with Crippen LogP contribution in [-0.2, 0) is 21.1 Å². The van der Waals surface area contributed by atoms with E-state index in [1.165, 1.54) is 11.1 Å². The van der Waals surface area contributed by atoms with Gasteiger partial charge in [-0.3, -0.25) is 14.9 Å². The van der Waals surface area contributed by atoms with Crippen molar-refractivity contribution in [2.24, 2.45) is 0 Å². The Hall–Kier alpha value is -2.64. The number of benzene rings is 1. The largest absolute Gasteiger partial charge is 0.378 e. The predicted molar refractivity (Wildman–Crippen MR) is 146 cm³/mol. The first-order valence-corrected chi connectivity index (χ1v) is 15.3. The van der Waals surface area contributed by atoms with Gasteiger partial charge in [0, 0.05) is 74.4 Å². The molecule has 0 unspecified atom stereocenters. The number of thiophene rings is 1. The number of aromatic nitrogens is 4. The van der Waals surface area contributed by atoms with Gasteiger partial charge in [-0.2, -0.15) is 5.10 Å². The number of hydrogen-bond donors (Lipinski definition) is 1. The summed E-state index contributed by atoms with van der Waals surface area (Å²) in [5.74, 6) is 1.78. The molecule has 195 valence electrons. The summed E-state index contributed by atoms with van der Waals surface area (Å²) in [5.41, 5.74) is 2.90. The maximum atomic E-state index is 11.5. The number of sulfone groups is 1. The van der Waals surface area contributed by atoms with Crippen LogP contribution in [0.5, 0.6) is 0 Å². The number of piperazine rings is 1. The fourth-order valence-electron chi connectivity index (χ4n) is 4.88. The Morgan fingerprint density at radius 2 is 1.92 bits per heavy atom. The molecule has 2 saturated heterocycles. The first-order chi connectivity index (χ1) is 17.9. The number of hydrogen-bond acceptors (Lipinski definition) is 10. The Morgan fingerprint density at radius 3 is 2.70 bits per heavy atom. The van der Waals surface area contributed by atoms with E-state index in [-0.39, 0.29) is 5.75 Å². The Kier molecular flexibility index (Phi) is 6.84. The van der Waals surface area contributed by atoms with Crippen molar-refractivity contribution in [2.75, 3.05) is 69.4 Å². The number of anilines is 1. The quantitative estimate of drug-likeness (QED) is 0.378. The molecule has 2 aliphatic rings. The van der Waals surface area contributed by atoms with Gasteiger partial charge < -0.3 is 9.64 Å². The molecular formula is C25H30N7O3S2. The van der Waals surface area contributed by atoms with Crippen LogP contribution in [0.3, 0.4) is 0 Å². The lowest BCUT2D eigenvalue weighted by Gasteiger charge is -2.34. The minimum absolute atomic E-state index is 0.0984. The van der Waals surface area contributed by atoms with E-state index in [1.54, 1.807) is 11.3 Å². The number of morpholine rings is 1. The van der Waals surface area contributed by atoms with E-state index < -0.39 is 9.84 Å². The van der Waals surface area contributed by atoms with Crippen LogP contribution < -0.4 is 4.90 Å². The standard InChI is InChI=1S/C25H30N7O3S2/c1-37(33,34)14-11-30-5-7-31(8-6-30)17-18-15-22-23(36-18)25(32-9-12-35-13-10-32)28-24(27-22)19-3-2-4-21-20(19)16-26-29-21/h2-4,11,15-16H,5-10,12-14,17H2,1H3,(H,26,29). The van der Waals surface area contributed by atoms with Crippen molar-refractivity contribution in [3.63, 3.8) is 0 Å². The Balaban J connectivity index is 1.27. The fraction of sp³-hybridized carbons (Fsp3) is 0.440. The summed E-state index contributed by atoms with van der Waals surface area (Å²) >= 11 is 1.77. The summed E-state index contributed by atoms with van der Waals surface area (Å²) in [6.45, 7) is 9.11. The third-order valence-corrected chi connectivity index (χ3v) is 8.72. The third kappa shape index (κ3) is 5.48. The Morgan fingerprint density at radius 1 is 1.11 bits per heavy atom. The lowest BCUT2D eigenvalue weighted by Crippen LogP contribution is -2.45. The van der Waals surface area contributed by atoms with Crippen molar-refractivity contribution in [1.29, 1.82) is 0 Å². The van der Waals surface area contributed by atoms with Crippen LogP contribution in [0.15, 0.2) is 30.5 Å². The SMILES string of the molecule is CS(=O)(=O)C[CH]N1CCN(Cc2cc3nc(-c4cccc5[nH]ncc45)nc(N4CCOCC4)c3s2)CC1. The van der Waals surface area contributed by atoms with Gasteiger partial charge in [0.15, 0.2) is 11.6 Å². The van der Waals surface area contributed by atoms with E-state index in [0.717, 1.165) is 78.3 Å². The highest BCUT2D eigenvalue weighted by Crippen LogP contribution is 2.36. The second-order valence-corrected chi connectivity index (χ2v) is 12.9. The molecule has 10 nitrogen and oxygen atoms in total. The summed E-state index contributed by atoms with van der Waals surface area (Å²) in [6, 6.07) is 8.26. The van der Waals surface area contributed by atoms with Gasteiger partial charge in [-0.1, -0.05) is 12.1 Å². The molecule has 1 aromatic carbocycles. The maximum absolute atomic E-state index is 11.5. The average molecular weight is 541 g/mol. The molecule has 1 radical (unpaired) electrons. The van der Waals surface area contributed by atoms with Crippen LogP contribution in [0.25, 0.3) is 32.5 Å². The van der Waals surface area contributed by atoms with Gasteiger partial charge in [0.05, 0.1) is 40.9 Å². The van der Waals surface area contributed by atoms with Gasteiger partial charge in [-0.15, -0.1) is 11.3 Å². The molecule has 0 atom stereocenters. The molecule has 0 saturated carbocycles. The topological polar surface area (TPSA) is 108 Å². The predicted octanol–water partition coefficient (Wildman–Crippen LogP) is 2.40. The van der Waals surface area contributed by atoms with Crippen molar-refractivity contribution in [3.8, 4) is 11.4 Å². The zero-order valence-electron chi connectivity index (χ0n) is 20.8. The third-order valence-electron chi connectivity index (χ3n) is 6.86. The lowest BCUT2D eigenvalue weighted by atomic mass is 10.1. The summed E-state index contributed by atoms with van der Waals surface area (Å²) < 4.78 is 29.7. The van der Waals surface area contributed by atoms with E-state index in [9.17, 15) is 8.42 Å². The molecule has 12 heteroatoms. The summed E-state index contributed by atoms with van der Waals surface area (Å²) in [5, 5.41) is 8.26. The van der Waals surface area contributed by atoms with Gasteiger partial charge in [0.1, 0.15) is 9.84 Å². The monoisotopic (exact) mass is 540 g/mol.